The van der Waals surface area contributed by atoms with Gasteiger partial charge in [0.1, 0.15) is 5.82 Å². The second-order valence-corrected chi connectivity index (χ2v) is 5.43. The molecule has 2 aromatic heterocycles. The Morgan fingerprint density at radius 2 is 1.85 bits per heavy atom. The van der Waals surface area contributed by atoms with E-state index in [1.807, 2.05) is 0 Å². The topological polar surface area (TPSA) is 83.0 Å². The van der Waals surface area contributed by atoms with Crippen LogP contribution in [0.15, 0.2) is 48.8 Å². The Morgan fingerprint density at radius 3 is 2.62 bits per heavy atom. The molecule has 3 rings (SSSR count). The van der Waals surface area contributed by atoms with Gasteiger partial charge in [0.05, 0.1) is 11.4 Å². The van der Waals surface area contributed by atoms with Crippen LogP contribution in [0.3, 0.4) is 0 Å². The van der Waals surface area contributed by atoms with Gasteiger partial charge in [-0.2, -0.15) is 4.98 Å². The summed E-state index contributed by atoms with van der Waals surface area (Å²) < 4.78 is 27.3. The summed E-state index contributed by atoms with van der Waals surface area (Å²) in [7, 11) is 0. The molecule has 3 aromatic rings. The maximum absolute atomic E-state index is 13.9. The molecule has 3 N–H and O–H groups in total. The van der Waals surface area contributed by atoms with E-state index in [1.165, 1.54) is 12.1 Å². The molecule has 0 fully saturated rings. The second-order valence-electron chi connectivity index (χ2n) is 5.43. The van der Waals surface area contributed by atoms with Crippen LogP contribution in [0.5, 0.6) is 0 Å². The van der Waals surface area contributed by atoms with Crippen molar-refractivity contribution in [2.24, 2.45) is 0 Å². The SMILES string of the molecule is OCCCNc1nc(Nc2cccc(F)c2F)cc(-c2ccncc2)n1. The summed E-state index contributed by atoms with van der Waals surface area (Å²) in [5, 5.41) is 14.7. The minimum Gasteiger partial charge on any atom is -0.396 e. The highest BCUT2D eigenvalue weighted by atomic mass is 19.2. The maximum atomic E-state index is 13.9. The lowest BCUT2D eigenvalue weighted by molar-refractivity contribution is 0.292. The van der Waals surface area contributed by atoms with Gasteiger partial charge in [0.25, 0.3) is 0 Å². The average Bonchev–Trinajstić information content (AvgIpc) is 2.66. The number of anilines is 3. The fourth-order valence-corrected chi connectivity index (χ4v) is 2.28. The number of halogens is 2. The summed E-state index contributed by atoms with van der Waals surface area (Å²) in [5.74, 6) is -1.30. The predicted octanol–water partition coefficient (Wildman–Crippen LogP) is 3.35. The van der Waals surface area contributed by atoms with Gasteiger partial charge in [-0.1, -0.05) is 6.07 Å². The second kappa shape index (κ2) is 8.30. The summed E-state index contributed by atoms with van der Waals surface area (Å²) in [6, 6.07) is 9.08. The Morgan fingerprint density at radius 1 is 1.04 bits per heavy atom. The van der Waals surface area contributed by atoms with Crippen LogP contribution < -0.4 is 10.6 Å². The Bertz CT molecular complexity index is 877. The molecule has 0 aliphatic heterocycles. The molecule has 0 amide bonds. The quantitative estimate of drug-likeness (QED) is 0.563. The Labute approximate surface area is 149 Å². The first kappa shape index (κ1) is 17.7. The van der Waals surface area contributed by atoms with Crippen LogP contribution in [0.4, 0.5) is 26.2 Å². The van der Waals surface area contributed by atoms with E-state index in [0.717, 1.165) is 11.6 Å². The van der Waals surface area contributed by atoms with Gasteiger partial charge in [-0.3, -0.25) is 4.98 Å². The zero-order valence-electron chi connectivity index (χ0n) is 13.8. The van der Waals surface area contributed by atoms with Crippen molar-refractivity contribution >= 4 is 17.5 Å². The van der Waals surface area contributed by atoms with E-state index in [4.69, 9.17) is 5.11 Å². The third kappa shape index (κ3) is 4.28. The smallest absolute Gasteiger partial charge is 0.225 e. The maximum Gasteiger partial charge on any atom is 0.225 e. The average molecular weight is 357 g/mol. The van der Waals surface area contributed by atoms with Gasteiger partial charge in [-0.25, -0.2) is 13.8 Å². The number of aromatic nitrogens is 3. The summed E-state index contributed by atoms with van der Waals surface area (Å²) in [6.07, 6.45) is 3.80. The number of hydrogen-bond acceptors (Lipinski definition) is 6. The van der Waals surface area contributed by atoms with E-state index in [-0.39, 0.29) is 12.3 Å². The van der Waals surface area contributed by atoms with Crippen LogP contribution in [0.2, 0.25) is 0 Å². The number of hydrogen-bond donors (Lipinski definition) is 3. The molecular weight excluding hydrogens is 340 g/mol. The van der Waals surface area contributed by atoms with Gasteiger partial charge in [0, 0.05) is 37.2 Å². The van der Waals surface area contributed by atoms with Crippen LogP contribution in [0.25, 0.3) is 11.3 Å². The van der Waals surface area contributed by atoms with Crippen molar-refractivity contribution in [2.75, 3.05) is 23.8 Å². The van der Waals surface area contributed by atoms with Gasteiger partial charge in [0.15, 0.2) is 11.6 Å². The normalized spacial score (nSPS) is 10.6. The van der Waals surface area contributed by atoms with Crippen LogP contribution in [0, 0.1) is 11.6 Å². The summed E-state index contributed by atoms with van der Waals surface area (Å²) in [4.78, 5) is 12.7. The van der Waals surface area contributed by atoms with E-state index in [9.17, 15) is 8.78 Å². The van der Waals surface area contributed by atoms with E-state index < -0.39 is 11.6 Å². The van der Waals surface area contributed by atoms with Crippen molar-refractivity contribution in [3.8, 4) is 11.3 Å². The molecule has 0 aliphatic rings. The molecule has 8 heteroatoms. The highest BCUT2D eigenvalue weighted by molar-refractivity contribution is 5.67. The first-order chi connectivity index (χ1) is 12.7. The van der Waals surface area contributed by atoms with Crippen molar-refractivity contribution in [2.45, 2.75) is 6.42 Å². The predicted molar refractivity (Wildman–Crippen MR) is 95.1 cm³/mol. The summed E-state index contributed by atoms with van der Waals surface area (Å²) >= 11 is 0. The lowest BCUT2D eigenvalue weighted by atomic mass is 10.2. The van der Waals surface area contributed by atoms with E-state index in [2.05, 4.69) is 25.6 Å². The van der Waals surface area contributed by atoms with Crippen molar-refractivity contribution < 1.29 is 13.9 Å². The molecule has 0 atom stereocenters. The molecule has 0 aliphatic carbocycles. The van der Waals surface area contributed by atoms with Crippen LogP contribution >= 0.6 is 0 Å². The Hall–Kier alpha value is -3.13. The molecule has 0 bridgehead atoms. The number of benzene rings is 1. The number of aliphatic hydroxyl groups is 1. The highest BCUT2D eigenvalue weighted by Gasteiger charge is 2.11. The van der Waals surface area contributed by atoms with E-state index in [0.29, 0.717) is 30.4 Å². The number of nitrogens with zero attached hydrogens (tertiary/aromatic N) is 3. The fourth-order valence-electron chi connectivity index (χ4n) is 2.28. The van der Waals surface area contributed by atoms with Crippen LogP contribution in [-0.4, -0.2) is 33.2 Å². The third-order valence-electron chi connectivity index (χ3n) is 3.53. The van der Waals surface area contributed by atoms with E-state index in [1.54, 1.807) is 30.6 Å². The summed E-state index contributed by atoms with van der Waals surface area (Å²) in [6.45, 7) is 0.515. The van der Waals surface area contributed by atoms with Crippen LogP contribution in [0.1, 0.15) is 6.42 Å². The van der Waals surface area contributed by atoms with Crippen LogP contribution in [-0.2, 0) is 0 Å². The van der Waals surface area contributed by atoms with Gasteiger partial charge in [-0.15, -0.1) is 0 Å². The van der Waals surface area contributed by atoms with Crippen molar-refractivity contribution in [1.82, 2.24) is 15.0 Å². The third-order valence-corrected chi connectivity index (χ3v) is 3.53. The molecule has 0 unspecified atom stereocenters. The number of aliphatic hydroxyl groups excluding tert-OH is 1. The zero-order chi connectivity index (χ0) is 18.4. The summed E-state index contributed by atoms with van der Waals surface area (Å²) in [5.41, 5.74) is 1.37. The molecule has 1 aromatic carbocycles. The lowest BCUT2D eigenvalue weighted by Gasteiger charge is -2.12. The van der Waals surface area contributed by atoms with Crippen molar-refractivity contribution in [1.29, 1.82) is 0 Å². The van der Waals surface area contributed by atoms with Crippen molar-refractivity contribution in [3.63, 3.8) is 0 Å². The molecular formula is C18H17F2N5O. The fraction of sp³-hybridized carbons (Fsp3) is 0.167. The largest absolute Gasteiger partial charge is 0.396 e. The van der Waals surface area contributed by atoms with Gasteiger partial charge in [0.2, 0.25) is 5.95 Å². The Kier molecular flexibility index (Phi) is 5.65. The molecule has 2 heterocycles. The number of pyridine rings is 1. The molecule has 0 radical (unpaired) electrons. The molecule has 0 saturated carbocycles. The van der Waals surface area contributed by atoms with Gasteiger partial charge >= 0.3 is 0 Å². The van der Waals surface area contributed by atoms with Crippen molar-refractivity contribution in [3.05, 3.63) is 60.4 Å². The van der Waals surface area contributed by atoms with E-state index >= 15 is 0 Å². The van der Waals surface area contributed by atoms with Gasteiger partial charge in [-0.05, 0) is 30.7 Å². The molecule has 0 saturated heterocycles. The highest BCUT2D eigenvalue weighted by Crippen LogP contribution is 2.25. The molecule has 134 valence electrons. The van der Waals surface area contributed by atoms with Gasteiger partial charge < -0.3 is 15.7 Å². The zero-order valence-corrected chi connectivity index (χ0v) is 13.8. The molecule has 6 nitrogen and oxygen atoms in total. The first-order valence-electron chi connectivity index (χ1n) is 8.02. The minimum atomic E-state index is -0.980. The standard InChI is InChI=1S/C18H17F2N5O/c19-13-3-1-4-14(17(13)20)23-16-11-15(12-5-8-21-9-6-12)24-18(25-16)22-7-2-10-26/h1,3-6,8-9,11,26H,2,7,10H2,(H2,22,23,24,25). The monoisotopic (exact) mass is 357 g/mol. The minimum absolute atomic E-state index is 0.0225. The lowest BCUT2D eigenvalue weighted by Crippen LogP contribution is -2.09. The number of nitrogens with one attached hydrogen (secondary N) is 2. The first-order valence-corrected chi connectivity index (χ1v) is 8.02. The molecule has 26 heavy (non-hydrogen) atoms. The molecule has 0 spiro atoms. The Balaban J connectivity index is 1.95. The number of rotatable bonds is 7.